The van der Waals surface area contributed by atoms with E-state index in [0.717, 1.165) is 43.1 Å². The molecule has 1 saturated heterocycles. The first-order chi connectivity index (χ1) is 16.9. The monoisotopic (exact) mass is 498 g/mol. The normalized spacial score (nSPS) is 20.1. The Morgan fingerprint density at radius 3 is 2.51 bits per heavy atom. The van der Waals surface area contributed by atoms with Crippen molar-refractivity contribution in [1.29, 1.82) is 0 Å². The number of hydrogen-bond donors (Lipinski definition) is 0. The van der Waals surface area contributed by atoms with Crippen LogP contribution in [0.25, 0.3) is 0 Å². The molecule has 2 aromatic carbocycles. The molecule has 184 valence electrons. The molecular weight excluding hydrogens is 472 g/mol. The number of fused-ring (bicyclic) bond motifs is 1. The Morgan fingerprint density at radius 1 is 1.14 bits per heavy atom. The molecule has 0 unspecified atom stereocenters. The third-order valence-corrected chi connectivity index (χ3v) is 6.62. The molecule has 3 heterocycles. The van der Waals surface area contributed by atoms with Crippen molar-refractivity contribution in [2.45, 2.75) is 32.4 Å². The number of piperidine rings is 1. The average molecular weight is 499 g/mol. The van der Waals surface area contributed by atoms with Gasteiger partial charge in [0.1, 0.15) is 30.4 Å². The minimum Gasteiger partial charge on any atom is -0.493 e. The van der Waals surface area contributed by atoms with Gasteiger partial charge >= 0.3 is 11.8 Å². The smallest absolute Gasteiger partial charge is 0.414 e. The first-order valence-corrected chi connectivity index (χ1v) is 12.0. The molecule has 0 aliphatic carbocycles. The third kappa shape index (κ3) is 5.45. The summed E-state index contributed by atoms with van der Waals surface area (Å²) in [4.78, 5) is 16.7. The molecule has 9 nitrogen and oxygen atoms in total. The molecule has 0 radical (unpaired) electrons. The summed E-state index contributed by atoms with van der Waals surface area (Å²) in [5, 5.41) is 11.7. The fourth-order valence-corrected chi connectivity index (χ4v) is 4.56. The van der Waals surface area contributed by atoms with Crippen LogP contribution in [0, 0.1) is 15.5 Å². The van der Waals surface area contributed by atoms with Gasteiger partial charge in [-0.25, -0.2) is 0 Å². The summed E-state index contributed by atoms with van der Waals surface area (Å²) in [5.41, 5.74) is 0.830. The molecule has 10 heteroatoms. The van der Waals surface area contributed by atoms with Gasteiger partial charge in [0, 0.05) is 48.2 Å². The van der Waals surface area contributed by atoms with E-state index in [0.29, 0.717) is 24.8 Å². The van der Waals surface area contributed by atoms with Crippen LogP contribution >= 0.6 is 11.6 Å². The minimum absolute atomic E-state index is 0.200. The Kier molecular flexibility index (Phi) is 6.42. The number of halogens is 1. The van der Waals surface area contributed by atoms with Crippen LogP contribution in [0.2, 0.25) is 5.02 Å². The van der Waals surface area contributed by atoms with E-state index >= 15 is 0 Å². The highest BCUT2D eigenvalue weighted by molar-refractivity contribution is 6.30. The number of aromatic nitrogens is 2. The lowest BCUT2D eigenvalue weighted by Gasteiger charge is -2.34. The number of ether oxygens (including phenoxy) is 3. The van der Waals surface area contributed by atoms with Crippen LogP contribution < -0.4 is 19.1 Å². The predicted molar refractivity (Wildman–Crippen MR) is 132 cm³/mol. The standard InChI is InChI=1S/C25H27ClN4O5/c1-25(15-29-14-23(30(31)32)27-24(29)34-17-25)16-33-20-8-4-19(5-9-20)28-12-10-22(11-13-28)35-21-6-2-18(26)3-7-21/h2-9,14,22H,10-13,15-17H2,1H3/t25-/m1/s1. The maximum Gasteiger partial charge on any atom is 0.414 e. The van der Waals surface area contributed by atoms with Gasteiger partial charge < -0.3 is 29.2 Å². The van der Waals surface area contributed by atoms with E-state index in [1.807, 2.05) is 43.3 Å². The summed E-state index contributed by atoms with van der Waals surface area (Å²) in [5.74, 6) is 1.42. The molecule has 0 saturated carbocycles. The highest BCUT2D eigenvalue weighted by Crippen LogP contribution is 2.32. The lowest BCUT2D eigenvalue weighted by Crippen LogP contribution is -2.40. The lowest BCUT2D eigenvalue weighted by atomic mass is 9.92. The fraction of sp³-hybridized carbons (Fsp3) is 0.400. The lowest BCUT2D eigenvalue weighted by molar-refractivity contribution is -0.389. The maximum absolute atomic E-state index is 11.0. The van der Waals surface area contributed by atoms with Crippen molar-refractivity contribution in [3.05, 3.63) is 69.9 Å². The maximum atomic E-state index is 11.0. The Bertz CT molecular complexity index is 1180. The van der Waals surface area contributed by atoms with Crippen molar-refractivity contribution in [1.82, 2.24) is 9.55 Å². The molecule has 1 fully saturated rings. The molecule has 0 spiro atoms. The molecular formula is C25H27ClN4O5. The van der Waals surface area contributed by atoms with Gasteiger partial charge in [-0.1, -0.05) is 18.5 Å². The molecule has 2 aliphatic rings. The Morgan fingerprint density at radius 2 is 1.83 bits per heavy atom. The summed E-state index contributed by atoms with van der Waals surface area (Å²) in [7, 11) is 0. The number of rotatable bonds is 7. The van der Waals surface area contributed by atoms with Crippen molar-refractivity contribution in [3.8, 4) is 17.5 Å². The molecule has 1 atom stereocenters. The summed E-state index contributed by atoms with van der Waals surface area (Å²) in [6, 6.07) is 15.9. The molecule has 0 bridgehead atoms. The van der Waals surface area contributed by atoms with Crippen molar-refractivity contribution in [2.75, 3.05) is 31.2 Å². The average Bonchev–Trinajstić information content (AvgIpc) is 3.28. The van der Waals surface area contributed by atoms with Crippen LogP contribution in [0.3, 0.4) is 0 Å². The van der Waals surface area contributed by atoms with Crippen LogP contribution in [0.5, 0.6) is 17.5 Å². The number of hydrogen-bond acceptors (Lipinski definition) is 7. The van der Waals surface area contributed by atoms with Gasteiger partial charge in [-0.05, 0) is 53.5 Å². The van der Waals surface area contributed by atoms with E-state index in [1.165, 1.54) is 6.20 Å². The van der Waals surface area contributed by atoms with Crippen molar-refractivity contribution in [2.24, 2.45) is 5.41 Å². The van der Waals surface area contributed by atoms with Gasteiger partial charge in [0.2, 0.25) is 0 Å². The largest absolute Gasteiger partial charge is 0.493 e. The van der Waals surface area contributed by atoms with Crippen LogP contribution in [-0.2, 0) is 6.54 Å². The van der Waals surface area contributed by atoms with Gasteiger partial charge in [-0.2, -0.15) is 0 Å². The van der Waals surface area contributed by atoms with Crippen LogP contribution in [-0.4, -0.2) is 46.9 Å². The Labute approximate surface area is 208 Å². The quantitative estimate of drug-likeness (QED) is 0.335. The van der Waals surface area contributed by atoms with Crippen molar-refractivity contribution >= 4 is 23.1 Å². The van der Waals surface area contributed by atoms with E-state index in [1.54, 1.807) is 4.57 Å². The van der Waals surface area contributed by atoms with Gasteiger partial charge in [-0.3, -0.25) is 4.57 Å². The minimum atomic E-state index is -0.515. The van der Waals surface area contributed by atoms with Crippen LogP contribution in [0.1, 0.15) is 19.8 Å². The summed E-state index contributed by atoms with van der Waals surface area (Å²) < 4.78 is 19.5. The number of nitro groups is 1. The zero-order valence-electron chi connectivity index (χ0n) is 19.4. The molecule has 0 amide bonds. The highest BCUT2D eigenvalue weighted by atomic mass is 35.5. The summed E-state index contributed by atoms with van der Waals surface area (Å²) in [6.45, 7) is 5.22. The second-order valence-corrected chi connectivity index (χ2v) is 9.84. The van der Waals surface area contributed by atoms with Crippen LogP contribution in [0.4, 0.5) is 11.5 Å². The van der Waals surface area contributed by atoms with Crippen molar-refractivity contribution < 1.29 is 19.1 Å². The highest BCUT2D eigenvalue weighted by Gasteiger charge is 2.36. The first-order valence-electron chi connectivity index (χ1n) is 11.6. The summed E-state index contributed by atoms with van der Waals surface area (Å²) in [6.07, 6.45) is 3.51. The second-order valence-electron chi connectivity index (χ2n) is 9.41. The van der Waals surface area contributed by atoms with Crippen molar-refractivity contribution in [3.63, 3.8) is 0 Å². The van der Waals surface area contributed by atoms with E-state index in [-0.39, 0.29) is 23.3 Å². The number of nitrogens with zero attached hydrogens (tertiary/aromatic N) is 4. The topological polar surface area (TPSA) is 91.9 Å². The van der Waals surface area contributed by atoms with E-state index in [4.69, 9.17) is 25.8 Å². The van der Waals surface area contributed by atoms with E-state index in [2.05, 4.69) is 22.0 Å². The Hall–Kier alpha value is -3.46. The van der Waals surface area contributed by atoms with Crippen LogP contribution in [0.15, 0.2) is 54.7 Å². The number of benzene rings is 2. The fourth-order valence-electron chi connectivity index (χ4n) is 4.43. The molecule has 1 aromatic heterocycles. The molecule has 5 rings (SSSR count). The zero-order valence-corrected chi connectivity index (χ0v) is 20.2. The Balaban J connectivity index is 1.11. The summed E-state index contributed by atoms with van der Waals surface area (Å²) >= 11 is 5.95. The van der Waals surface area contributed by atoms with Gasteiger partial charge in [-0.15, -0.1) is 0 Å². The van der Waals surface area contributed by atoms with E-state index < -0.39 is 4.92 Å². The van der Waals surface area contributed by atoms with Gasteiger partial charge in [0.05, 0.1) is 12.0 Å². The van der Waals surface area contributed by atoms with Gasteiger partial charge in [0.25, 0.3) is 0 Å². The zero-order chi connectivity index (χ0) is 24.4. The number of imidazole rings is 1. The molecule has 3 aromatic rings. The second kappa shape index (κ2) is 9.65. The first kappa shape index (κ1) is 23.3. The number of anilines is 1. The van der Waals surface area contributed by atoms with Gasteiger partial charge in [0.15, 0.2) is 0 Å². The molecule has 2 aliphatic heterocycles. The molecule has 35 heavy (non-hydrogen) atoms. The van der Waals surface area contributed by atoms with E-state index in [9.17, 15) is 10.1 Å². The third-order valence-electron chi connectivity index (χ3n) is 6.36. The molecule has 0 N–H and O–H groups in total. The SMILES string of the molecule is C[C@@]1(COc2ccc(N3CCC(Oc4ccc(Cl)cc4)CC3)cc2)COc2nc([N+](=O)[O-])cn2C1. The predicted octanol–water partition coefficient (Wildman–Crippen LogP) is 4.97.